The van der Waals surface area contributed by atoms with E-state index in [1.807, 2.05) is 4.90 Å². The van der Waals surface area contributed by atoms with Crippen LogP contribution in [0.25, 0.3) is 0 Å². The SMILES string of the molecule is Cc1cccc(N2CCN(C(=O)C3CCCCN3)CC2)c1.Cl.Cl. The molecule has 0 saturated carbocycles. The summed E-state index contributed by atoms with van der Waals surface area (Å²) >= 11 is 0. The second-order valence-electron chi connectivity index (χ2n) is 6.15. The van der Waals surface area contributed by atoms with E-state index in [0.717, 1.165) is 39.1 Å². The second kappa shape index (κ2) is 9.36. The summed E-state index contributed by atoms with van der Waals surface area (Å²) in [6, 6.07) is 8.67. The lowest BCUT2D eigenvalue weighted by molar-refractivity contribution is -0.134. The number of piperazine rings is 1. The number of nitrogens with one attached hydrogen (secondary N) is 1. The Bertz CT molecular complexity index is 498. The summed E-state index contributed by atoms with van der Waals surface area (Å²) in [5.41, 5.74) is 2.57. The first-order chi connectivity index (χ1) is 10.2. The topological polar surface area (TPSA) is 35.6 Å². The van der Waals surface area contributed by atoms with Gasteiger partial charge in [0, 0.05) is 31.9 Å². The van der Waals surface area contributed by atoms with Crippen LogP contribution in [-0.4, -0.2) is 49.6 Å². The Balaban J connectivity index is 0.00000132. The van der Waals surface area contributed by atoms with E-state index in [2.05, 4.69) is 41.4 Å². The van der Waals surface area contributed by atoms with Gasteiger partial charge < -0.3 is 15.1 Å². The molecule has 23 heavy (non-hydrogen) atoms. The van der Waals surface area contributed by atoms with Crippen LogP contribution in [0.4, 0.5) is 5.69 Å². The van der Waals surface area contributed by atoms with Crippen LogP contribution in [-0.2, 0) is 4.79 Å². The molecule has 3 rings (SSSR count). The van der Waals surface area contributed by atoms with Crippen LogP contribution in [0.2, 0.25) is 0 Å². The number of rotatable bonds is 2. The number of nitrogens with zero attached hydrogens (tertiary/aromatic N) is 2. The number of carbonyl (C=O) groups is 1. The van der Waals surface area contributed by atoms with E-state index in [1.165, 1.54) is 24.1 Å². The molecule has 1 aromatic carbocycles. The van der Waals surface area contributed by atoms with Crippen LogP contribution >= 0.6 is 24.8 Å². The number of hydrogen-bond acceptors (Lipinski definition) is 3. The Morgan fingerprint density at radius 3 is 2.48 bits per heavy atom. The van der Waals surface area contributed by atoms with Crippen LogP contribution in [0.3, 0.4) is 0 Å². The number of hydrogen-bond donors (Lipinski definition) is 1. The lowest BCUT2D eigenvalue weighted by Crippen LogP contribution is -2.55. The third-order valence-electron chi connectivity index (χ3n) is 4.57. The predicted molar refractivity (Wildman–Crippen MR) is 100 cm³/mol. The van der Waals surface area contributed by atoms with Crippen LogP contribution in [0, 0.1) is 6.92 Å². The van der Waals surface area contributed by atoms with Crippen LogP contribution in [0.5, 0.6) is 0 Å². The quantitative estimate of drug-likeness (QED) is 0.881. The summed E-state index contributed by atoms with van der Waals surface area (Å²) in [6.07, 6.45) is 3.37. The van der Waals surface area contributed by atoms with Crippen molar-refractivity contribution in [2.75, 3.05) is 37.6 Å². The highest BCUT2D eigenvalue weighted by Gasteiger charge is 2.28. The van der Waals surface area contributed by atoms with Gasteiger partial charge in [0.2, 0.25) is 5.91 Å². The molecule has 2 heterocycles. The number of aryl methyl sites for hydroxylation is 1. The first-order valence-electron chi connectivity index (χ1n) is 8.08. The molecule has 2 aliphatic heterocycles. The summed E-state index contributed by atoms with van der Waals surface area (Å²) < 4.78 is 0. The summed E-state index contributed by atoms with van der Waals surface area (Å²) in [5, 5.41) is 3.36. The van der Waals surface area contributed by atoms with Gasteiger partial charge in [-0.15, -0.1) is 24.8 Å². The van der Waals surface area contributed by atoms with E-state index in [-0.39, 0.29) is 30.9 Å². The van der Waals surface area contributed by atoms with E-state index in [0.29, 0.717) is 5.91 Å². The van der Waals surface area contributed by atoms with E-state index < -0.39 is 0 Å². The highest BCUT2D eigenvalue weighted by molar-refractivity contribution is 5.85. The molecule has 130 valence electrons. The van der Waals surface area contributed by atoms with Crippen molar-refractivity contribution < 1.29 is 4.79 Å². The van der Waals surface area contributed by atoms with Gasteiger partial charge in [0.05, 0.1) is 6.04 Å². The molecule has 1 atom stereocenters. The molecule has 1 unspecified atom stereocenters. The second-order valence-corrected chi connectivity index (χ2v) is 6.15. The monoisotopic (exact) mass is 359 g/mol. The van der Waals surface area contributed by atoms with Crippen molar-refractivity contribution in [2.45, 2.75) is 32.2 Å². The molecule has 1 amide bonds. The summed E-state index contributed by atoms with van der Waals surface area (Å²) in [5.74, 6) is 0.304. The van der Waals surface area contributed by atoms with Gasteiger partial charge >= 0.3 is 0 Å². The summed E-state index contributed by atoms with van der Waals surface area (Å²) in [6.45, 7) is 6.65. The maximum Gasteiger partial charge on any atom is 0.239 e. The third-order valence-corrected chi connectivity index (χ3v) is 4.57. The molecule has 4 nitrogen and oxygen atoms in total. The Kier molecular flexibility index (Phi) is 8.17. The van der Waals surface area contributed by atoms with E-state index in [1.54, 1.807) is 0 Å². The number of piperidine rings is 1. The fourth-order valence-electron chi connectivity index (χ4n) is 3.29. The smallest absolute Gasteiger partial charge is 0.239 e. The zero-order chi connectivity index (χ0) is 14.7. The minimum Gasteiger partial charge on any atom is -0.368 e. The Morgan fingerprint density at radius 1 is 1.13 bits per heavy atom. The molecule has 2 saturated heterocycles. The predicted octanol–water partition coefficient (Wildman–Crippen LogP) is 2.63. The van der Waals surface area contributed by atoms with Crippen LogP contribution in [0.15, 0.2) is 24.3 Å². The van der Waals surface area contributed by atoms with Gasteiger partial charge in [0.1, 0.15) is 0 Å². The fourth-order valence-corrected chi connectivity index (χ4v) is 3.29. The van der Waals surface area contributed by atoms with Gasteiger partial charge in [-0.05, 0) is 44.0 Å². The number of benzene rings is 1. The standard InChI is InChI=1S/C17H25N3O.2ClH/c1-14-5-4-6-15(13-14)19-9-11-20(12-10-19)17(21)16-7-2-3-8-18-16;;/h4-6,13,16,18H,2-3,7-12H2,1H3;2*1H. The van der Waals surface area contributed by atoms with Crippen molar-refractivity contribution in [1.29, 1.82) is 0 Å². The van der Waals surface area contributed by atoms with Crippen molar-refractivity contribution in [1.82, 2.24) is 10.2 Å². The summed E-state index contributed by atoms with van der Waals surface area (Å²) in [4.78, 5) is 16.9. The van der Waals surface area contributed by atoms with E-state index in [4.69, 9.17) is 0 Å². The number of carbonyl (C=O) groups excluding carboxylic acids is 1. The Hall–Kier alpha value is -0.970. The minimum atomic E-state index is 0. The lowest BCUT2D eigenvalue weighted by Gasteiger charge is -2.38. The first-order valence-corrected chi connectivity index (χ1v) is 8.08. The molecule has 0 bridgehead atoms. The number of halogens is 2. The molecule has 2 fully saturated rings. The molecule has 0 spiro atoms. The molecule has 2 aliphatic rings. The zero-order valence-corrected chi connectivity index (χ0v) is 15.3. The average Bonchev–Trinajstić information content (AvgIpc) is 2.55. The Labute approximate surface area is 151 Å². The maximum atomic E-state index is 12.5. The molecule has 1 N–H and O–H groups in total. The highest BCUT2D eigenvalue weighted by Crippen LogP contribution is 2.19. The van der Waals surface area contributed by atoms with Crippen molar-refractivity contribution in [3.8, 4) is 0 Å². The van der Waals surface area contributed by atoms with Gasteiger partial charge in [0.15, 0.2) is 0 Å². The largest absolute Gasteiger partial charge is 0.368 e. The molecular formula is C17H27Cl2N3O. The first kappa shape index (κ1) is 20.1. The average molecular weight is 360 g/mol. The lowest BCUT2D eigenvalue weighted by atomic mass is 10.0. The molecule has 0 aromatic heterocycles. The van der Waals surface area contributed by atoms with Gasteiger partial charge in [-0.3, -0.25) is 4.79 Å². The van der Waals surface area contributed by atoms with E-state index >= 15 is 0 Å². The maximum absolute atomic E-state index is 12.5. The van der Waals surface area contributed by atoms with Gasteiger partial charge in [0.25, 0.3) is 0 Å². The van der Waals surface area contributed by atoms with Crippen molar-refractivity contribution >= 4 is 36.4 Å². The summed E-state index contributed by atoms with van der Waals surface area (Å²) in [7, 11) is 0. The number of anilines is 1. The highest BCUT2D eigenvalue weighted by atomic mass is 35.5. The van der Waals surface area contributed by atoms with E-state index in [9.17, 15) is 4.79 Å². The van der Waals surface area contributed by atoms with Crippen LogP contribution in [0.1, 0.15) is 24.8 Å². The fraction of sp³-hybridized carbons (Fsp3) is 0.588. The molecule has 0 radical (unpaired) electrons. The molecule has 0 aliphatic carbocycles. The molecular weight excluding hydrogens is 333 g/mol. The van der Waals surface area contributed by atoms with Gasteiger partial charge in [-0.25, -0.2) is 0 Å². The van der Waals surface area contributed by atoms with Gasteiger partial charge in [-0.1, -0.05) is 18.6 Å². The molecule has 6 heteroatoms. The minimum absolute atomic E-state index is 0. The Morgan fingerprint density at radius 2 is 1.87 bits per heavy atom. The van der Waals surface area contributed by atoms with Crippen molar-refractivity contribution in [3.63, 3.8) is 0 Å². The molecule has 1 aromatic rings. The normalized spacial score (nSPS) is 21.2. The van der Waals surface area contributed by atoms with Crippen molar-refractivity contribution in [3.05, 3.63) is 29.8 Å². The third kappa shape index (κ3) is 5.00. The number of amides is 1. The van der Waals surface area contributed by atoms with Gasteiger partial charge in [-0.2, -0.15) is 0 Å². The van der Waals surface area contributed by atoms with Crippen LogP contribution < -0.4 is 10.2 Å². The zero-order valence-electron chi connectivity index (χ0n) is 13.7. The van der Waals surface area contributed by atoms with Crippen molar-refractivity contribution in [2.24, 2.45) is 0 Å².